The predicted octanol–water partition coefficient (Wildman–Crippen LogP) is 1.94. The maximum absolute atomic E-state index is 12.4. The first-order valence-corrected chi connectivity index (χ1v) is 8.05. The Balaban J connectivity index is 1.76. The van der Waals surface area contributed by atoms with Crippen molar-refractivity contribution in [2.75, 3.05) is 11.4 Å². The number of carbonyl (C=O) groups excluding carboxylic acids is 3. The number of hydrazine groups is 1. The minimum absolute atomic E-state index is 0.0613. The number of benzene rings is 1. The Bertz CT molecular complexity index is 826. The van der Waals surface area contributed by atoms with Crippen molar-refractivity contribution in [3.05, 3.63) is 58.9 Å². The molecule has 0 atom stereocenters. The van der Waals surface area contributed by atoms with Crippen LogP contribution in [0.5, 0.6) is 0 Å². The highest BCUT2D eigenvalue weighted by Crippen LogP contribution is 2.28. The van der Waals surface area contributed by atoms with Gasteiger partial charge in [0.05, 0.1) is 11.3 Å². The van der Waals surface area contributed by atoms with Crippen LogP contribution in [0.1, 0.15) is 33.7 Å². The minimum atomic E-state index is -0.546. The molecule has 7 nitrogen and oxygen atoms in total. The number of nitrogens with one attached hydrogen (secondary N) is 2. The summed E-state index contributed by atoms with van der Waals surface area (Å²) >= 11 is 6.01. The molecule has 1 aliphatic heterocycles. The van der Waals surface area contributed by atoms with E-state index in [-0.39, 0.29) is 17.2 Å². The fourth-order valence-electron chi connectivity index (χ4n) is 2.56. The van der Waals surface area contributed by atoms with Gasteiger partial charge < -0.3 is 4.90 Å². The molecule has 1 aliphatic rings. The fourth-order valence-corrected chi connectivity index (χ4v) is 2.73. The quantitative estimate of drug-likeness (QED) is 0.820. The summed E-state index contributed by atoms with van der Waals surface area (Å²) in [6.07, 6.45) is 2.64. The summed E-state index contributed by atoms with van der Waals surface area (Å²) in [5.41, 5.74) is 5.50. The molecule has 2 aromatic rings. The maximum atomic E-state index is 12.4. The lowest BCUT2D eigenvalue weighted by Gasteiger charge is -2.19. The number of carbonyl (C=O) groups is 3. The van der Waals surface area contributed by atoms with Gasteiger partial charge in [0.1, 0.15) is 5.69 Å². The van der Waals surface area contributed by atoms with Crippen molar-refractivity contribution in [1.29, 1.82) is 0 Å². The van der Waals surface area contributed by atoms with E-state index in [2.05, 4.69) is 15.8 Å². The lowest BCUT2D eigenvalue weighted by atomic mass is 10.1. The zero-order chi connectivity index (χ0) is 17.8. The van der Waals surface area contributed by atoms with Crippen LogP contribution in [0.3, 0.4) is 0 Å². The van der Waals surface area contributed by atoms with E-state index in [0.717, 1.165) is 6.42 Å². The smallest absolute Gasteiger partial charge is 0.288 e. The van der Waals surface area contributed by atoms with Gasteiger partial charge in [-0.1, -0.05) is 17.7 Å². The van der Waals surface area contributed by atoms with Gasteiger partial charge >= 0.3 is 0 Å². The van der Waals surface area contributed by atoms with Crippen LogP contribution < -0.4 is 15.8 Å². The largest absolute Gasteiger partial charge is 0.312 e. The molecule has 3 amide bonds. The molecule has 1 aromatic carbocycles. The predicted molar refractivity (Wildman–Crippen MR) is 92.2 cm³/mol. The van der Waals surface area contributed by atoms with Crippen LogP contribution in [0.2, 0.25) is 5.02 Å². The molecule has 128 valence electrons. The van der Waals surface area contributed by atoms with Crippen LogP contribution in [-0.4, -0.2) is 29.3 Å². The van der Waals surface area contributed by atoms with E-state index in [1.54, 1.807) is 24.3 Å². The molecule has 0 aliphatic carbocycles. The fraction of sp³-hybridized carbons (Fsp3) is 0.176. The molecule has 25 heavy (non-hydrogen) atoms. The molecule has 0 radical (unpaired) electrons. The highest BCUT2D eigenvalue weighted by atomic mass is 35.5. The first kappa shape index (κ1) is 16.9. The number of hydrogen-bond donors (Lipinski definition) is 2. The van der Waals surface area contributed by atoms with Gasteiger partial charge in [0.25, 0.3) is 11.8 Å². The third-order valence-electron chi connectivity index (χ3n) is 3.76. The van der Waals surface area contributed by atoms with E-state index in [0.29, 0.717) is 23.7 Å². The Morgan fingerprint density at radius 3 is 2.60 bits per heavy atom. The molecule has 0 unspecified atom stereocenters. The van der Waals surface area contributed by atoms with Gasteiger partial charge in [0.15, 0.2) is 0 Å². The Morgan fingerprint density at radius 1 is 1.12 bits per heavy atom. The molecule has 1 fully saturated rings. The second kappa shape index (κ2) is 7.31. The number of pyridine rings is 1. The molecule has 1 saturated heterocycles. The Labute approximate surface area is 149 Å². The summed E-state index contributed by atoms with van der Waals surface area (Å²) in [6.45, 7) is 0.528. The Morgan fingerprint density at radius 2 is 1.92 bits per heavy atom. The van der Waals surface area contributed by atoms with Crippen molar-refractivity contribution in [1.82, 2.24) is 15.8 Å². The van der Waals surface area contributed by atoms with Crippen molar-refractivity contribution >= 4 is 35.0 Å². The first-order chi connectivity index (χ1) is 12.1. The van der Waals surface area contributed by atoms with E-state index < -0.39 is 11.8 Å². The van der Waals surface area contributed by atoms with Crippen LogP contribution in [0.25, 0.3) is 0 Å². The molecule has 1 aromatic heterocycles. The van der Waals surface area contributed by atoms with Crippen molar-refractivity contribution in [2.45, 2.75) is 12.8 Å². The zero-order valence-corrected chi connectivity index (χ0v) is 13.9. The number of aromatic nitrogens is 1. The second-order valence-electron chi connectivity index (χ2n) is 5.43. The summed E-state index contributed by atoms with van der Waals surface area (Å²) < 4.78 is 0. The van der Waals surface area contributed by atoms with Crippen molar-refractivity contribution < 1.29 is 14.4 Å². The highest BCUT2D eigenvalue weighted by Gasteiger charge is 2.26. The molecule has 3 rings (SSSR count). The number of rotatable bonds is 3. The molecule has 8 heteroatoms. The first-order valence-electron chi connectivity index (χ1n) is 7.68. The standard InChI is InChI=1S/C17H15ClN4O3/c18-11-6-7-12(14(10-11)22-9-3-5-15(22)23)16(24)20-21-17(25)13-4-1-2-8-19-13/h1-2,4,6-8,10H,3,5,9H2,(H,20,24)(H,21,25). The number of amides is 3. The normalized spacial score (nSPS) is 13.6. The molecular weight excluding hydrogens is 344 g/mol. The summed E-state index contributed by atoms with van der Waals surface area (Å²) in [5, 5.41) is 0.420. The van der Waals surface area contributed by atoms with Gasteiger partial charge in [-0.05, 0) is 36.8 Å². The average molecular weight is 359 g/mol. The van der Waals surface area contributed by atoms with Crippen LogP contribution in [-0.2, 0) is 4.79 Å². The average Bonchev–Trinajstić information content (AvgIpc) is 3.06. The zero-order valence-electron chi connectivity index (χ0n) is 13.2. The van der Waals surface area contributed by atoms with Gasteiger partial charge in [-0.2, -0.15) is 0 Å². The van der Waals surface area contributed by atoms with Crippen molar-refractivity contribution in [3.8, 4) is 0 Å². The second-order valence-corrected chi connectivity index (χ2v) is 5.87. The van der Waals surface area contributed by atoms with Gasteiger partial charge in [-0.25, -0.2) is 0 Å². The van der Waals surface area contributed by atoms with Gasteiger partial charge in [0, 0.05) is 24.2 Å². The molecule has 2 N–H and O–H groups in total. The monoisotopic (exact) mass is 358 g/mol. The van der Waals surface area contributed by atoms with Gasteiger partial charge in [-0.15, -0.1) is 0 Å². The summed E-state index contributed by atoms with van der Waals surface area (Å²) in [6, 6.07) is 9.52. The maximum Gasteiger partial charge on any atom is 0.288 e. The van der Waals surface area contributed by atoms with E-state index >= 15 is 0 Å². The van der Waals surface area contributed by atoms with E-state index in [9.17, 15) is 14.4 Å². The molecule has 0 spiro atoms. The summed E-state index contributed by atoms with van der Waals surface area (Å²) in [4.78, 5) is 41.8. The van der Waals surface area contributed by atoms with Crippen LogP contribution in [0, 0.1) is 0 Å². The van der Waals surface area contributed by atoms with Crippen LogP contribution in [0.15, 0.2) is 42.6 Å². The third-order valence-corrected chi connectivity index (χ3v) is 3.99. The molecular formula is C17H15ClN4O3. The topological polar surface area (TPSA) is 91.4 Å². The number of nitrogens with zero attached hydrogens (tertiary/aromatic N) is 2. The summed E-state index contributed by atoms with van der Waals surface area (Å²) in [5.74, 6) is -1.15. The summed E-state index contributed by atoms with van der Waals surface area (Å²) in [7, 11) is 0. The van der Waals surface area contributed by atoms with E-state index in [4.69, 9.17) is 11.6 Å². The third kappa shape index (κ3) is 3.77. The SMILES string of the molecule is O=C(NNC(=O)c1ccc(Cl)cc1N1CCCC1=O)c1ccccn1. The number of anilines is 1. The van der Waals surface area contributed by atoms with Gasteiger partial charge in [-0.3, -0.25) is 30.2 Å². The lowest BCUT2D eigenvalue weighted by molar-refractivity contribution is -0.117. The molecule has 2 heterocycles. The minimum Gasteiger partial charge on any atom is -0.312 e. The van der Waals surface area contributed by atoms with E-state index in [1.807, 2.05) is 0 Å². The van der Waals surface area contributed by atoms with E-state index in [1.165, 1.54) is 23.2 Å². The van der Waals surface area contributed by atoms with Crippen molar-refractivity contribution in [3.63, 3.8) is 0 Å². The van der Waals surface area contributed by atoms with Crippen molar-refractivity contribution in [2.24, 2.45) is 0 Å². The number of hydrogen-bond acceptors (Lipinski definition) is 4. The Hall–Kier alpha value is -2.93. The van der Waals surface area contributed by atoms with Gasteiger partial charge in [0.2, 0.25) is 5.91 Å². The lowest BCUT2D eigenvalue weighted by Crippen LogP contribution is -2.42. The molecule has 0 saturated carbocycles. The molecule has 0 bridgehead atoms. The van der Waals surface area contributed by atoms with Crippen LogP contribution in [0.4, 0.5) is 5.69 Å². The Kier molecular flexibility index (Phi) is 4.95. The van der Waals surface area contributed by atoms with Crippen LogP contribution >= 0.6 is 11.6 Å². The highest BCUT2D eigenvalue weighted by molar-refractivity contribution is 6.31. The number of halogens is 1.